The van der Waals surface area contributed by atoms with Gasteiger partial charge in [-0.15, -0.1) is 0 Å². The first-order chi connectivity index (χ1) is 19.9. The molecule has 0 bridgehead atoms. The number of quaternary nitrogens is 1. The van der Waals surface area contributed by atoms with Gasteiger partial charge in [0.15, 0.2) is 0 Å². The molecule has 240 valence electrons. The van der Waals surface area contributed by atoms with Crippen molar-refractivity contribution in [2.45, 2.75) is 131 Å². The van der Waals surface area contributed by atoms with Gasteiger partial charge in [0.05, 0.1) is 20.1 Å². The van der Waals surface area contributed by atoms with Crippen molar-refractivity contribution in [3.05, 3.63) is 30.3 Å². The number of para-hydroxylation sites is 1. The fourth-order valence-electron chi connectivity index (χ4n) is 5.58. The Labute approximate surface area is 252 Å². The zero-order valence-electron chi connectivity index (χ0n) is 27.9. The van der Waals surface area contributed by atoms with Gasteiger partial charge in [-0.25, -0.2) is 0 Å². The summed E-state index contributed by atoms with van der Waals surface area (Å²) in [6.45, 7) is 17.7. The first-order valence-electron chi connectivity index (χ1n) is 16.6. The lowest BCUT2D eigenvalue weighted by Crippen LogP contribution is -2.76. The highest BCUT2D eigenvalue weighted by molar-refractivity contribution is 5.21. The average Bonchev–Trinajstić information content (AvgIpc) is 2.97. The van der Waals surface area contributed by atoms with Gasteiger partial charge in [-0.05, 0) is 66.5 Å². The van der Waals surface area contributed by atoms with E-state index in [1.54, 1.807) is 0 Å². The summed E-state index contributed by atoms with van der Waals surface area (Å²) in [6, 6.07) is 9.90. The first kappa shape index (κ1) is 37.8. The normalized spacial score (nSPS) is 14.6. The number of likely N-dealkylation sites (N-methyl/N-ethyl adjacent to an activating group) is 1. The monoisotopic (exact) mass is 582 g/mol. The molecule has 7 heteroatoms. The van der Waals surface area contributed by atoms with Gasteiger partial charge in [0.25, 0.3) is 6.23 Å². The van der Waals surface area contributed by atoms with Crippen LogP contribution in [0.3, 0.4) is 0 Å². The topological polar surface area (TPSA) is 55.4 Å². The Morgan fingerprint density at radius 2 is 1.02 bits per heavy atom. The quantitative estimate of drug-likeness (QED) is 0.0591. The summed E-state index contributed by atoms with van der Waals surface area (Å²) in [5, 5.41) is 0. The van der Waals surface area contributed by atoms with Crippen LogP contribution in [0.25, 0.3) is 0 Å². The summed E-state index contributed by atoms with van der Waals surface area (Å²) in [4.78, 5) is 0. The number of benzene rings is 1. The molecule has 0 aliphatic carbocycles. The predicted molar refractivity (Wildman–Crippen MR) is 168 cm³/mol. The molecule has 0 fully saturated rings. The summed E-state index contributed by atoms with van der Waals surface area (Å²) in [6.07, 6.45) is 12.3. The number of ether oxygens (including phenoxy) is 6. The average molecular weight is 583 g/mol. The molecule has 41 heavy (non-hydrogen) atoms. The molecule has 0 spiro atoms. The minimum Gasteiger partial charge on any atom is -0.437 e. The van der Waals surface area contributed by atoms with E-state index in [9.17, 15) is 0 Å². The fourth-order valence-corrected chi connectivity index (χ4v) is 5.58. The number of rotatable bonds is 27. The van der Waals surface area contributed by atoms with E-state index in [-0.39, 0.29) is 0 Å². The van der Waals surface area contributed by atoms with E-state index in [2.05, 4.69) is 20.9 Å². The van der Waals surface area contributed by atoms with Crippen LogP contribution >= 0.6 is 0 Å². The molecule has 1 aromatic rings. The Balaban J connectivity index is 3.39. The highest BCUT2D eigenvalue weighted by Gasteiger charge is 2.70. The molecule has 0 aromatic heterocycles. The van der Waals surface area contributed by atoms with Crippen LogP contribution in [0.5, 0.6) is 5.75 Å². The lowest BCUT2D eigenvalue weighted by atomic mass is 10.0. The molecule has 2 atom stereocenters. The van der Waals surface area contributed by atoms with Gasteiger partial charge in [0.2, 0.25) is 0 Å². The standard InChI is InChI=1S/C34H64NO6/c1-9-16-17-18-19-20-21-22-23-27-30-35(8,10-2)32(41-31-28-25-24-26-29-31)33(36-11-3,37-12-4)34(38-13-5,39-14-6)40-15-7/h24-26,28-29,32H,9-23,27,30H2,1-8H3/q+1. The molecule has 0 saturated heterocycles. The van der Waals surface area contributed by atoms with Crippen LogP contribution < -0.4 is 4.74 Å². The Morgan fingerprint density at radius 3 is 1.44 bits per heavy atom. The highest BCUT2D eigenvalue weighted by Crippen LogP contribution is 2.42. The van der Waals surface area contributed by atoms with Crippen LogP contribution in [0.15, 0.2) is 30.3 Å². The molecule has 1 aromatic carbocycles. The van der Waals surface area contributed by atoms with Crippen molar-refractivity contribution in [2.24, 2.45) is 0 Å². The highest BCUT2D eigenvalue weighted by atomic mass is 16.9. The second-order valence-corrected chi connectivity index (χ2v) is 10.9. The Hall–Kier alpha value is -1.22. The lowest BCUT2D eigenvalue weighted by molar-refractivity contribution is -0.965. The van der Waals surface area contributed by atoms with Crippen molar-refractivity contribution < 1.29 is 32.9 Å². The summed E-state index contributed by atoms with van der Waals surface area (Å²) in [5.41, 5.74) is 0. The van der Waals surface area contributed by atoms with Crippen molar-refractivity contribution in [1.29, 1.82) is 0 Å². The molecule has 7 nitrogen and oxygen atoms in total. The molecule has 0 N–H and O–H groups in total. The largest absolute Gasteiger partial charge is 0.437 e. The summed E-state index contributed by atoms with van der Waals surface area (Å²) < 4.78 is 39.8. The van der Waals surface area contributed by atoms with Crippen molar-refractivity contribution in [3.8, 4) is 5.75 Å². The number of hydrogen-bond donors (Lipinski definition) is 0. The van der Waals surface area contributed by atoms with Gasteiger partial charge in [-0.2, -0.15) is 0 Å². The van der Waals surface area contributed by atoms with E-state index in [0.29, 0.717) is 37.5 Å². The third kappa shape index (κ3) is 11.4. The van der Waals surface area contributed by atoms with Gasteiger partial charge in [0.1, 0.15) is 5.75 Å². The van der Waals surface area contributed by atoms with Gasteiger partial charge < -0.3 is 28.4 Å². The number of unbranched alkanes of at least 4 members (excludes halogenated alkanes) is 9. The van der Waals surface area contributed by atoms with Crippen molar-refractivity contribution >= 4 is 0 Å². The fraction of sp³-hybridized carbons (Fsp3) is 0.824. The van der Waals surface area contributed by atoms with Crippen molar-refractivity contribution in [2.75, 3.05) is 53.2 Å². The molecule has 0 saturated carbocycles. The van der Waals surface area contributed by atoms with Crippen LogP contribution in [0, 0.1) is 0 Å². The maximum Gasteiger partial charge on any atom is 0.351 e. The van der Waals surface area contributed by atoms with Crippen LogP contribution in [0.2, 0.25) is 0 Å². The second-order valence-electron chi connectivity index (χ2n) is 10.9. The van der Waals surface area contributed by atoms with Crippen LogP contribution in [0.1, 0.15) is 113 Å². The molecule has 0 heterocycles. The van der Waals surface area contributed by atoms with E-state index >= 15 is 0 Å². The molecule has 1 rings (SSSR count). The van der Waals surface area contributed by atoms with E-state index in [1.807, 2.05) is 65.0 Å². The van der Waals surface area contributed by atoms with Gasteiger partial charge in [-0.3, -0.25) is 4.48 Å². The summed E-state index contributed by atoms with van der Waals surface area (Å²) >= 11 is 0. The SMILES string of the molecule is CCCCCCCCCCCC[N+](C)(CC)C(Oc1ccccc1)C(OCC)(OCC)C(OCC)(OCC)OCC. The smallest absolute Gasteiger partial charge is 0.351 e. The molecular weight excluding hydrogens is 518 g/mol. The van der Waals surface area contributed by atoms with E-state index in [4.69, 9.17) is 28.4 Å². The molecule has 0 amide bonds. The van der Waals surface area contributed by atoms with Crippen molar-refractivity contribution in [3.63, 3.8) is 0 Å². The third-order valence-corrected chi connectivity index (χ3v) is 7.77. The van der Waals surface area contributed by atoms with Gasteiger partial charge >= 0.3 is 11.8 Å². The predicted octanol–water partition coefficient (Wildman–Crippen LogP) is 8.31. The minimum atomic E-state index is -1.62. The Kier molecular flexibility index (Phi) is 19.8. The van der Waals surface area contributed by atoms with Gasteiger partial charge in [-0.1, -0.05) is 76.5 Å². The number of hydrogen-bond acceptors (Lipinski definition) is 6. The minimum absolute atomic E-state index is 0.355. The van der Waals surface area contributed by atoms with Crippen molar-refractivity contribution in [1.82, 2.24) is 0 Å². The van der Waals surface area contributed by atoms with Crippen LogP contribution in [-0.2, 0) is 23.7 Å². The lowest BCUT2D eigenvalue weighted by Gasteiger charge is -2.53. The summed E-state index contributed by atoms with van der Waals surface area (Å²) in [7, 11) is 2.22. The van der Waals surface area contributed by atoms with E-state index in [1.165, 1.54) is 57.8 Å². The molecule has 0 aliphatic rings. The van der Waals surface area contributed by atoms with Crippen LogP contribution in [0.4, 0.5) is 0 Å². The van der Waals surface area contributed by atoms with Crippen LogP contribution in [-0.4, -0.2) is 75.6 Å². The van der Waals surface area contributed by atoms with E-state index < -0.39 is 18.0 Å². The number of nitrogens with zero attached hydrogens (tertiary/aromatic N) is 1. The molecular formula is C34H64NO6+. The molecule has 0 radical (unpaired) electrons. The Morgan fingerprint density at radius 1 is 0.585 bits per heavy atom. The first-order valence-corrected chi connectivity index (χ1v) is 16.6. The maximum absolute atomic E-state index is 6.91. The summed E-state index contributed by atoms with van der Waals surface area (Å²) in [5.74, 6) is -2.39. The molecule has 0 aliphatic heterocycles. The zero-order chi connectivity index (χ0) is 30.5. The maximum atomic E-state index is 6.91. The van der Waals surface area contributed by atoms with Gasteiger partial charge in [0, 0.05) is 33.0 Å². The molecule has 2 unspecified atom stereocenters. The Bertz CT molecular complexity index is 725. The van der Waals surface area contributed by atoms with E-state index in [0.717, 1.165) is 25.3 Å². The third-order valence-electron chi connectivity index (χ3n) is 7.77. The zero-order valence-corrected chi connectivity index (χ0v) is 27.9. The second kappa shape index (κ2) is 21.5.